The van der Waals surface area contributed by atoms with Crippen LogP contribution in [-0.4, -0.2) is 47.8 Å². The summed E-state index contributed by atoms with van der Waals surface area (Å²) in [5.41, 5.74) is 1.30. The number of halogens is 1. The van der Waals surface area contributed by atoms with E-state index in [-0.39, 0.29) is 11.6 Å². The molecule has 1 fully saturated rings. The second-order valence-electron chi connectivity index (χ2n) is 5.16. The fraction of sp³-hybridized carbons (Fsp3) is 0.400. The number of anilines is 1. The lowest BCUT2D eigenvalue weighted by Crippen LogP contribution is -2.47. The molecule has 0 spiro atoms. The molecule has 0 saturated carbocycles. The quantitative estimate of drug-likeness (QED) is 0.799. The van der Waals surface area contributed by atoms with E-state index < -0.39 is 24.1 Å². The van der Waals surface area contributed by atoms with Gasteiger partial charge in [-0.1, -0.05) is 11.6 Å². The number of esters is 1. The lowest BCUT2D eigenvalue weighted by atomic mass is 10.1. The van der Waals surface area contributed by atoms with E-state index in [2.05, 4.69) is 10.1 Å². The molecule has 1 unspecified atom stereocenters. The van der Waals surface area contributed by atoms with Gasteiger partial charge in [-0.3, -0.25) is 0 Å². The SMILES string of the molecule is COC(=O)C1[C@@H](O)CCN1C(=O)Nc1ccc(C#N)c(Cl)c1C. The number of aliphatic hydroxyl groups excluding tert-OH is 1. The molecule has 1 aliphatic rings. The molecule has 0 bridgehead atoms. The molecule has 122 valence electrons. The third kappa shape index (κ3) is 3.23. The zero-order valence-electron chi connectivity index (χ0n) is 12.7. The van der Waals surface area contributed by atoms with Crippen molar-refractivity contribution in [2.24, 2.45) is 0 Å². The molecule has 7 nitrogen and oxygen atoms in total. The minimum Gasteiger partial charge on any atom is -0.467 e. The average Bonchev–Trinajstić information content (AvgIpc) is 2.93. The van der Waals surface area contributed by atoms with Crippen molar-refractivity contribution in [3.05, 3.63) is 28.3 Å². The highest BCUT2D eigenvalue weighted by atomic mass is 35.5. The predicted molar refractivity (Wildman–Crippen MR) is 83.1 cm³/mol. The maximum Gasteiger partial charge on any atom is 0.331 e. The first-order chi connectivity index (χ1) is 10.9. The van der Waals surface area contributed by atoms with Crippen molar-refractivity contribution in [3.63, 3.8) is 0 Å². The Labute approximate surface area is 138 Å². The van der Waals surface area contributed by atoms with Gasteiger partial charge in [0.2, 0.25) is 0 Å². The minimum absolute atomic E-state index is 0.232. The normalized spacial score (nSPS) is 20.0. The summed E-state index contributed by atoms with van der Waals surface area (Å²) >= 11 is 6.06. The zero-order valence-corrected chi connectivity index (χ0v) is 13.4. The second kappa shape index (κ2) is 6.86. The Hall–Kier alpha value is -2.30. The maximum absolute atomic E-state index is 12.4. The molecule has 1 heterocycles. The topological polar surface area (TPSA) is 103 Å². The van der Waals surface area contributed by atoms with Gasteiger partial charge in [-0.2, -0.15) is 5.26 Å². The third-order valence-electron chi connectivity index (χ3n) is 3.82. The fourth-order valence-corrected chi connectivity index (χ4v) is 2.71. The maximum atomic E-state index is 12.4. The van der Waals surface area contributed by atoms with Gasteiger partial charge in [0, 0.05) is 12.2 Å². The Balaban J connectivity index is 2.21. The van der Waals surface area contributed by atoms with Crippen LogP contribution in [0.5, 0.6) is 0 Å². The Morgan fingerprint density at radius 3 is 2.83 bits per heavy atom. The van der Waals surface area contributed by atoms with Crippen LogP contribution in [0.25, 0.3) is 0 Å². The molecule has 0 radical (unpaired) electrons. The molecule has 2 atom stereocenters. The van der Waals surface area contributed by atoms with Gasteiger partial charge in [0.15, 0.2) is 6.04 Å². The van der Waals surface area contributed by atoms with E-state index in [4.69, 9.17) is 16.9 Å². The molecule has 2 amide bonds. The van der Waals surface area contributed by atoms with Crippen molar-refractivity contribution in [1.82, 2.24) is 4.90 Å². The molecule has 2 rings (SSSR count). The number of hydrogen-bond acceptors (Lipinski definition) is 5. The van der Waals surface area contributed by atoms with Gasteiger partial charge < -0.3 is 20.1 Å². The lowest BCUT2D eigenvalue weighted by molar-refractivity contribution is -0.147. The third-order valence-corrected chi connectivity index (χ3v) is 4.31. The number of aliphatic hydroxyl groups is 1. The molecule has 1 saturated heterocycles. The van der Waals surface area contributed by atoms with Crippen molar-refractivity contribution >= 4 is 29.3 Å². The van der Waals surface area contributed by atoms with Crippen LogP contribution in [0.15, 0.2) is 12.1 Å². The monoisotopic (exact) mass is 337 g/mol. The Morgan fingerprint density at radius 2 is 2.22 bits per heavy atom. The van der Waals surface area contributed by atoms with Gasteiger partial charge in [0.05, 0.1) is 23.8 Å². The van der Waals surface area contributed by atoms with E-state index in [9.17, 15) is 14.7 Å². The van der Waals surface area contributed by atoms with Gasteiger partial charge >= 0.3 is 12.0 Å². The van der Waals surface area contributed by atoms with Gasteiger partial charge in [-0.05, 0) is 31.0 Å². The van der Waals surface area contributed by atoms with Crippen LogP contribution < -0.4 is 5.32 Å². The summed E-state index contributed by atoms with van der Waals surface area (Å²) in [4.78, 5) is 25.4. The van der Waals surface area contributed by atoms with Crippen LogP contribution in [0.3, 0.4) is 0 Å². The Kier molecular flexibility index (Phi) is 5.08. The van der Waals surface area contributed by atoms with Crippen molar-refractivity contribution in [3.8, 4) is 6.07 Å². The Morgan fingerprint density at radius 1 is 1.52 bits per heavy atom. The number of carbonyl (C=O) groups is 2. The number of nitrogens with one attached hydrogen (secondary N) is 1. The van der Waals surface area contributed by atoms with Crippen LogP contribution in [-0.2, 0) is 9.53 Å². The zero-order chi connectivity index (χ0) is 17.1. The van der Waals surface area contributed by atoms with Crippen molar-refractivity contribution in [1.29, 1.82) is 5.26 Å². The summed E-state index contributed by atoms with van der Waals surface area (Å²) < 4.78 is 4.63. The van der Waals surface area contributed by atoms with Crippen molar-refractivity contribution in [2.75, 3.05) is 19.0 Å². The van der Waals surface area contributed by atoms with Gasteiger partial charge in [-0.15, -0.1) is 0 Å². The van der Waals surface area contributed by atoms with Crippen LogP contribution >= 0.6 is 11.6 Å². The standard InChI is InChI=1S/C15H16ClN3O4/c1-8-10(4-3-9(7-17)12(8)16)18-15(22)19-6-5-11(20)13(19)14(21)23-2/h3-4,11,13,20H,5-6H2,1-2H3,(H,18,22)/t11-,13?/m0/s1. The largest absolute Gasteiger partial charge is 0.467 e. The second-order valence-corrected chi connectivity index (χ2v) is 5.54. The first kappa shape index (κ1) is 17.1. The summed E-state index contributed by atoms with van der Waals surface area (Å²) in [6.07, 6.45) is -0.667. The number of methoxy groups -OCH3 is 1. The molecule has 1 aliphatic heterocycles. The van der Waals surface area contributed by atoms with E-state index in [1.54, 1.807) is 13.0 Å². The molecule has 1 aromatic carbocycles. The Bertz CT molecular complexity index is 686. The first-order valence-electron chi connectivity index (χ1n) is 6.93. The van der Waals surface area contributed by atoms with Gasteiger partial charge in [-0.25, -0.2) is 9.59 Å². The highest BCUT2D eigenvalue weighted by molar-refractivity contribution is 6.33. The average molecular weight is 338 g/mol. The number of rotatable bonds is 2. The number of likely N-dealkylation sites (tertiary alicyclic amines) is 1. The van der Waals surface area contributed by atoms with Crippen molar-refractivity contribution < 1.29 is 19.4 Å². The number of ether oxygens (including phenoxy) is 1. The summed E-state index contributed by atoms with van der Waals surface area (Å²) in [6.45, 7) is 1.91. The lowest BCUT2D eigenvalue weighted by Gasteiger charge is -2.24. The first-order valence-corrected chi connectivity index (χ1v) is 7.31. The summed E-state index contributed by atoms with van der Waals surface area (Å²) in [5, 5.41) is 21.7. The van der Waals surface area contributed by atoms with E-state index in [1.807, 2.05) is 6.07 Å². The number of nitrogens with zero attached hydrogens (tertiary/aromatic N) is 2. The van der Waals surface area contributed by atoms with E-state index in [0.717, 1.165) is 0 Å². The van der Waals surface area contributed by atoms with Gasteiger partial charge in [0.25, 0.3) is 0 Å². The molecule has 2 N–H and O–H groups in total. The number of carbonyl (C=O) groups excluding carboxylic acids is 2. The molecular weight excluding hydrogens is 322 g/mol. The molecular formula is C15H16ClN3O4. The summed E-state index contributed by atoms with van der Waals surface area (Å²) in [5.74, 6) is -0.667. The minimum atomic E-state index is -1.03. The molecule has 23 heavy (non-hydrogen) atoms. The summed E-state index contributed by atoms with van der Waals surface area (Å²) in [7, 11) is 1.20. The van der Waals surface area contributed by atoms with Crippen LogP contribution in [0.2, 0.25) is 5.02 Å². The molecule has 8 heteroatoms. The summed E-state index contributed by atoms with van der Waals surface area (Å²) in [6, 6.07) is 3.45. The van der Waals surface area contributed by atoms with E-state index in [0.29, 0.717) is 23.2 Å². The number of amides is 2. The van der Waals surface area contributed by atoms with E-state index in [1.165, 1.54) is 18.1 Å². The van der Waals surface area contributed by atoms with Crippen LogP contribution in [0, 0.1) is 18.3 Å². The van der Waals surface area contributed by atoms with Crippen LogP contribution in [0.4, 0.5) is 10.5 Å². The number of benzene rings is 1. The smallest absolute Gasteiger partial charge is 0.331 e. The highest BCUT2D eigenvalue weighted by Crippen LogP contribution is 2.28. The number of nitriles is 1. The number of urea groups is 1. The molecule has 0 aromatic heterocycles. The van der Waals surface area contributed by atoms with E-state index >= 15 is 0 Å². The van der Waals surface area contributed by atoms with Crippen molar-refractivity contribution in [2.45, 2.75) is 25.5 Å². The molecule has 0 aliphatic carbocycles. The van der Waals surface area contributed by atoms with Crippen LogP contribution in [0.1, 0.15) is 17.5 Å². The van der Waals surface area contributed by atoms with Gasteiger partial charge in [0.1, 0.15) is 6.07 Å². The fourth-order valence-electron chi connectivity index (χ4n) is 2.50. The predicted octanol–water partition coefficient (Wildman–Crippen LogP) is 1.66. The molecule has 1 aromatic rings. The number of hydrogen-bond donors (Lipinski definition) is 2. The highest BCUT2D eigenvalue weighted by Gasteiger charge is 2.42.